The molecule has 2 heterocycles. The zero-order valence-electron chi connectivity index (χ0n) is 16.7. The molecule has 1 aliphatic carbocycles. The summed E-state index contributed by atoms with van der Waals surface area (Å²) in [5.74, 6) is 0.197. The van der Waals surface area contributed by atoms with Gasteiger partial charge in [-0.25, -0.2) is 4.68 Å². The second-order valence-electron chi connectivity index (χ2n) is 8.20. The van der Waals surface area contributed by atoms with Crippen LogP contribution in [-0.2, 0) is 11.2 Å². The fourth-order valence-electron chi connectivity index (χ4n) is 4.67. The number of likely N-dealkylation sites (tertiary alicyclic amines) is 1. The lowest BCUT2D eigenvalue weighted by Gasteiger charge is -2.35. The first-order chi connectivity index (χ1) is 13.0. The van der Waals surface area contributed by atoms with Crippen LogP contribution >= 0.6 is 0 Å². The van der Waals surface area contributed by atoms with Crippen molar-refractivity contribution in [2.45, 2.75) is 65.0 Å². The molecule has 2 aliphatic rings. The van der Waals surface area contributed by atoms with E-state index in [2.05, 4.69) is 48.2 Å². The third-order valence-corrected chi connectivity index (χ3v) is 6.01. The summed E-state index contributed by atoms with van der Waals surface area (Å²) in [6.45, 7) is 7.69. The predicted molar refractivity (Wildman–Crippen MR) is 107 cm³/mol. The number of carbonyl (C=O) groups is 1. The third-order valence-electron chi connectivity index (χ3n) is 6.01. The van der Waals surface area contributed by atoms with Crippen LogP contribution in [0.5, 0.6) is 0 Å². The molecule has 1 N–H and O–H groups in total. The van der Waals surface area contributed by atoms with Gasteiger partial charge in [0.15, 0.2) is 0 Å². The average Bonchev–Trinajstić information content (AvgIpc) is 3.06. The van der Waals surface area contributed by atoms with Crippen LogP contribution in [0.1, 0.15) is 61.0 Å². The molecule has 0 spiro atoms. The number of nitrogens with one attached hydrogen (secondary N) is 1. The van der Waals surface area contributed by atoms with Crippen LogP contribution in [0.25, 0.3) is 5.69 Å². The topological polar surface area (TPSA) is 50.2 Å². The third kappa shape index (κ3) is 3.79. The van der Waals surface area contributed by atoms with Gasteiger partial charge in [-0.1, -0.05) is 6.07 Å². The van der Waals surface area contributed by atoms with E-state index in [-0.39, 0.29) is 5.91 Å². The number of piperidine rings is 1. The Labute approximate surface area is 161 Å². The van der Waals surface area contributed by atoms with Crippen LogP contribution in [0.15, 0.2) is 24.4 Å². The highest BCUT2D eigenvalue weighted by Crippen LogP contribution is 2.32. The number of aromatic nitrogens is 2. The minimum Gasteiger partial charge on any atom is -0.343 e. The minimum atomic E-state index is 0.197. The van der Waals surface area contributed by atoms with Crippen molar-refractivity contribution < 1.29 is 4.79 Å². The summed E-state index contributed by atoms with van der Waals surface area (Å²) < 4.78 is 2.14. The number of benzene rings is 1. The van der Waals surface area contributed by atoms with Crippen molar-refractivity contribution in [1.82, 2.24) is 20.0 Å². The zero-order valence-corrected chi connectivity index (χ0v) is 16.7. The van der Waals surface area contributed by atoms with E-state index in [0.29, 0.717) is 12.1 Å². The van der Waals surface area contributed by atoms with E-state index in [0.717, 1.165) is 32.4 Å². The van der Waals surface area contributed by atoms with Gasteiger partial charge in [-0.05, 0) is 69.2 Å². The molecule has 4 rings (SSSR count). The quantitative estimate of drug-likeness (QED) is 0.905. The van der Waals surface area contributed by atoms with Crippen molar-refractivity contribution in [1.29, 1.82) is 0 Å². The summed E-state index contributed by atoms with van der Waals surface area (Å²) in [6, 6.07) is 7.50. The molecule has 0 bridgehead atoms. The lowest BCUT2D eigenvalue weighted by Crippen LogP contribution is -2.45. The number of rotatable bonds is 3. The van der Waals surface area contributed by atoms with Gasteiger partial charge in [0.25, 0.3) is 0 Å². The van der Waals surface area contributed by atoms with E-state index >= 15 is 0 Å². The molecule has 1 aromatic heterocycles. The number of hydrogen-bond donors (Lipinski definition) is 1. The summed E-state index contributed by atoms with van der Waals surface area (Å²) >= 11 is 0. The summed E-state index contributed by atoms with van der Waals surface area (Å²) in [4.78, 5) is 13.5. The Morgan fingerprint density at radius 3 is 2.48 bits per heavy atom. The highest BCUT2D eigenvalue weighted by Gasteiger charge is 2.28. The molecular formula is C22H30N4O. The molecule has 5 heteroatoms. The Balaban J connectivity index is 1.51. The molecular weight excluding hydrogens is 336 g/mol. The van der Waals surface area contributed by atoms with Gasteiger partial charge in [0.1, 0.15) is 0 Å². The van der Waals surface area contributed by atoms with Crippen LogP contribution in [-0.4, -0.2) is 39.7 Å². The molecule has 0 saturated carbocycles. The Kier molecular flexibility index (Phi) is 5.04. The maximum Gasteiger partial charge on any atom is 0.219 e. The number of nitrogens with zero attached hydrogens (tertiary/aromatic N) is 3. The largest absolute Gasteiger partial charge is 0.343 e. The van der Waals surface area contributed by atoms with Gasteiger partial charge in [0, 0.05) is 43.4 Å². The van der Waals surface area contributed by atoms with E-state index in [1.807, 2.05) is 4.90 Å². The molecule has 1 fully saturated rings. The number of amides is 1. The molecule has 1 aromatic carbocycles. The Hall–Kier alpha value is -2.14. The Morgan fingerprint density at radius 1 is 1.11 bits per heavy atom. The summed E-state index contributed by atoms with van der Waals surface area (Å²) in [7, 11) is 0. The smallest absolute Gasteiger partial charge is 0.219 e. The highest BCUT2D eigenvalue weighted by molar-refractivity contribution is 5.73. The second-order valence-corrected chi connectivity index (χ2v) is 8.20. The van der Waals surface area contributed by atoms with Crippen LogP contribution in [0, 0.1) is 13.8 Å². The molecule has 144 valence electrons. The van der Waals surface area contributed by atoms with E-state index in [9.17, 15) is 4.79 Å². The Morgan fingerprint density at radius 2 is 1.81 bits per heavy atom. The number of carbonyl (C=O) groups excluding carboxylic acids is 1. The maximum absolute atomic E-state index is 11.5. The maximum atomic E-state index is 11.5. The minimum absolute atomic E-state index is 0.197. The van der Waals surface area contributed by atoms with E-state index in [1.54, 1.807) is 6.92 Å². The lowest BCUT2D eigenvalue weighted by atomic mass is 9.91. The molecule has 1 atom stereocenters. The number of fused-ring (bicyclic) bond motifs is 1. The fraction of sp³-hybridized carbons (Fsp3) is 0.545. The Bertz CT molecular complexity index is 813. The lowest BCUT2D eigenvalue weighted by molar-refractivity contribution is -0.129. The monoisotopic (exact) mass is 366 g/mol. The fourth-order valence-corrected chi connectivity index (χ4v) is 4.67. The molecule has 5 nitrogen and oxygen atoms in total. The standard InChI is InChI=1S/C22H30N4O/c1-15-11-16(2)13-19(12-15)26-22-6-4-5-21(20(22)14-23-26)24-18-7-9-25(10-8-18)17(3)27/h11-14,18,21,24H,4-10H2,1-3H3. The van der Waals surface area contributed by atoms with Gasteiger partial charge in [0.05, 0.1) is 11.9 Å². The first-order valence-corrected chi connectivity index (χ1v) is 10.2. The normalized spacial score (nSPS) is 20.6. The molecule has 1 amide bonds. The molecule has 1 unspecified atom stereocenters. The van der Waals surface area contributed by atoms with Crippen molar-refractivity contribution in [3.63, 3.8) is 0 Å². The van der Waals surface area contributed by atoms with Crippen LogP contribution < -0.4 is 5.32 Å². The van der Waals surface area contributed by atoms with Crippen LogP contribution in [0.2, 0.25) is 0 Å². The van der Waals surface area contributed by atoms with Crippen LogP contribution in [0.4, 0.5) is 0 Å². The van der Waals surface area contributed by atoms with Gasteiger partial charge < -0.3 is 10.2 Å². The molecule has 27 heavy (non-hydrogen) atoms. The number of hydrogen-bond acceptors (Lipinski definition) is 3. The van der Waals surface area contributed by atoms with E-state index < -0.39 is 0 Å². The van der Waals surface area contributed by atoms with Gasteiger partial charge in [0.2, 0.25) is 5.91 Å². The van der Waals surface area contributed by atoms with Gasteiger partial charge in [-0.2, -0.15) is 5.10 Å². The predicted octanol–water partition coefficient (Wildman–Crippen LogP) is 3.47. The summed E-state index contributed by atoms with van der Waals surface area (Å²) in [5.41, 5.74) is 6.43. The molecule has 1 saturated heterocycles. The van der Waals surface area contributed by atoms with Crippen molar-refractivity contribution in [3.8, 4) is 5.69 Å². The average molecular weight is 367 g/mol. The highest BCUT2D eigenvalue weighted by atomic mass is 16.2. The molecule has 0 radical (unpaired) electrons. The van der Waals surface area contributed by atoms with Crippen molar-refractivity contribution >= 4 is 5.91 Å². The van der Waals surface area contributed by atoms with Gasteiger partial charge in [-0.3, -0.25) is 4.79 Å². The summed E-state index contributed by atoms with van der Waals surface area (Å²) in [6.07, 6.45) is 7.58. The van der Waals surface area contributed by atoms with E-state index in [1.165, 1.54) is 40.9 Å². The summed E-state index contributed by atoms with van der Waals surface area (Å²) in [5, 5.41) is 8.62. The SMILES string of the molecule is CC(=O)N1CCC(NC2CCCc3c2cnn3-c2cc(C)cc(C)c2)CC1. The zero-order chi connectivity index (χ0) is 19.0. The first-order valence-electron chi connectivity index (χ1n) is 10.2. The van der Waals surface area contributed by atoms with E-state index in [4.69, 9.17) is 5.10 Å². The second kappa shape index (κ2) is 7.47. The van der Waals surface area contributed by atoms with Crippen molar-refractivity contribution in [3.05, 3.63) is 46.8 Å². The van der Waals surface area contributed by atoms with Gasteiger partial charge in [-0.15, -0.1) is 0 Å². The first kappa shape index (κ1) is 18.2. The van der Waals surface area contributed by atoms with Gasteiger partial charge >= 0.3 is 0 Å². The number of aryl methyl sites for hydroxylation is 2. The molecule has 2 aromatic rings. The molecule has 1 aliphatic heterocycles. The van der Waals surface area contributed by atoms with Crippen molar-refractivity contribution in [2.75, 3.05) is 13.1 Å². The van der Waals surface area contributed by atoms with Crippen LogP contribution in [0.3, 0.4) is 0 Å². The van der Waals surface area contributed by atoms with Crippen molar-refractivity contribution in [2.24, 2.45) is 0 Å².